The van der Waals surface area contributed by atoms with E-state index in [9.17, 15) is 9.18 Å². The van der Waals surface area contributed by atoms with Gasteiger partial charge in [-0.1, -0.05) is 30.3 Å². The van der Waals surface area contributed by atoms with Crippen LogP contribution in [-0.4, -0.2) is 68.1 Å². The number of anilines is 2. The van der Waals surface area contributed by atoms with Crippen molar-refractivity contribution in [3.8, 4) is 33.9 Å². The number of benzene rings is 2. The van der Waals surface area contributed by atoms with Gasteiger partial charge in [0.15, 0.2) is 0 Å². The van der Waals surface area contributed by atoms with Gasteiger partial charge in [-0.3, -0.25) is 24.8 Å². The van der Waals surface area contributed by atoms with Gasteiger partial charge in [-0.25, -0.2) is 4.39 Å². The Labute approximate surface area is 270 Å². The monoisotopic (exact) mass is 625 g/mol. The minimum Gasteiger partial charge on any atom is -0.384 e. The lowest BCUT2D eigenvalue weighted by Gasteiger charge is -2.12. The standard InChI is InChI=1S/C36H32FN9O/c1-46(2)11-10-39-26-14-23(13-25(37)16-26)35-28-18-32(43-30(28)8-9-40-35)36-29-17-31(41-21-33(29)44-45-36)24-15-27(20-38-19-24)42-34(47)12-22-6-4-3-5-7-22/h3-9,13-21,39,43H,10-12H2,1-2H3,(H,42,47)(H,44,45). The van der Waals surface area contributed by atoms with Crippen LogP contribution in [0.1, 0.15) is 5.56 Å². The molecule has 2 aromatic carbocycles. The quantitative estimate of drug-likeness (QED) is 0.136. The number of hydrogen-bond donors (Lipinski definition) is 4. The van der Waals surface area contributed by atoms with Gasteiger partial charge in [0.05, 0.1) is 47.1 Å². The van der Waals surface area contributed by atoms with E-state index in [4.69, 9.17) is 0 Å². The fraction of sp³-hybridized carbons (Fsp3) is 0.139. The van der Waals surface area contributed by atoms with E-state index in [1.807, 2.05) is 74.8 Å². The average Bonchev–Trinajstić information content (AvgIpc) is 3.69. The van der Waals surface area contributed by atoms with Crippen LogP contribution in [0.4, 0.5) is 15.8 Å². The van der Waals surface area contributed by atoms with Crippen LogP contribution in [0.5, 0.6) is 0 Å². The summed E-state index contributed by atoms with van der Waals surface area (Å²) in [7, 11) is 3.99. The van der Waals surface area contributed by atoms with Gasteiger partial charge in [-0.2, -0.15) is 5.10 Å². The molecule has 0 spiro atoms. The molecule has 47 heavy (non-hydrogen) atoms. The molecule has 0 fully saturated rings. The molecule has 0 aliphatic carbocycles. The van der Waals surface area contributed by atoms with Gasteiger partial charge >= 0.3 is 0 Å². The fourth-order valence-corrected chi connectivity index (χ4v) is 5.58. The first-order valence-electron chi connectivity index (χ1n) is 15.2. The molecule has 4 N–H and O–H groups in total. The highest BCUT2D eigenvalue weighted by Gasteiger charge is 2.17. The van der Waals surface area contributed by atoms with Crippen LogP contribution in [0.15, 0.2) is 97.6 Å². The molecule has 11 heteroatoms. The Bertz CT molecular complexity index is 2210. The van der Waals surface area contributed by atoms with Crippen LogP contribution in [0.2, 0.25) is 0 Å². The lowest BCUT2D eigenvalue weighted by Crippen LogP contribution is -2.20. The summed E-state index contributed by atoms with van der Waals surface area (Å²) in [6.45, 7) is 1.51. The molecule has 0 radical (unpaired) electrons. The predicted octanol–water partition coefficient (Wildman–Crippen LogP) is 6.52. The highest BCUT2D eigenvalue weighted by atomic mass is 19.1. The summed E-state index contributed by atoms with van der Waals surface area (Å²) in [6, 6.07) is 22.2. The Morgan fingerprint density at radius 1 is 0.851 bits per heavy atom. The molecule has 1 amide bonds. The van der Waals surface area contributed by atoms with Crippen LogP contribution in [-0.2, 0) is 11.2 Å². The first-order valence-corrected chi connectivity index (χ1v) is 15.2. The van der Waals surface area contributed by atoms with Gasteiger partial charge in [0.1, 0.15) is 11.5 Å². The third-order valence-electron chi connectivity index (χ3n) is 7.84. The van der Waals surface area contributed by atoms with E-state index < -0.39 is 0 Å². The maximum Gasteiger partial charge on any atom is 0.228 e. The summed E-state index contributed by atoms with van der Waals surface area (Å²) >= 11 is 0. The zero-order chi connectivity index (χ0) is 32.3. The van der Waals surface area contributed by atoms with Crippen LogP contribution in [0, 0.1) is 5.82 Å². The van der Waals surface area contributed by atoms with E-state index in [1.165, 1.54) is 12.1 Å². The zero-order valence-corrected chi connectivity index (χ0v) is 25.9. The Hall–Kier alpha value is -5.94. The van der Waals surface area contributed by atoms with E-state index in [1.54, 1.807) is 24.8 Å². The molecule has 7 aromatic rings. The number of carbonyl (C=O) groups is 1. The number of aromatic nitrogens is 6. The largest absolute Gasteiger partial charge is 0.384 e. The van der Waals surface area contributed by atoms with Gasteiger partial charge in [0.2, 0.25) is 5.91 Å². The predicted molar refractivity (Wildman–Crippen MR) is 183 cm³/mol. The number of pyridine rings is 3. The smallest absolute Gasteiger partial charge is 0.228 e. The molecular weight excluding hydrogens is 593 g/mol. The topological polar surface area (TPSA) is 128 Å². The van der Waals surface area contributed by atoms with Crippen molar-refractivity contribution in [2.24, 2.45) is 0 Å². The van der Waals surface area contributed by atoms with Gasteiger partial charge in [0.25, 0.3) is 0 Å². The molecule has 0 saturated carbocycles. The third-order valence-corrected chi connectivity index (χ3v) is 7.84. The molecule has 0 atom stereocenters. The van der Waals surface area contributed by atoms with Gasteiger partial charge in [-0.05, 0) is 62.1 Å². The lowest BCUT2D eigenvalue weighted by molar-refractivity contribution is -0.115. The molecule has 0 aliphatic rings. The molecule has 0 aliphatic heterocycles. The number of nitrogens with zero attached hydrogens (tertiary/aromatic N) is 5. The van der Waals surface area contributed by atoms with E-state index in [0.717, 1.165) is 45.2 Å². The highest BCUT2D eigenvalue weighted by Crippen LogP contribution is 2.35. The van der Waals surface area contributed by atoms with E-state index in [-0.39, 0.29) is 18.1 Å². The minimum atomic E-state index is -0.336. The van der Waals surface area contributed by atoms with Crippen molar-refractivity contribution in [2.75, 3.05) is 37.8 Å². The van der Waals surface area contributed by atoms with Crippen molar-refractivity contribution >= 4 is 39.1 Å². The Morgan fingerprint density at radius 2 is 1.68 bits per heavy atom. The summed E-state index contributed by atoms with van der Waals surface area (Å²) in [5.74, 6) is -0.463. The second-order valence-electron chi connectivity index (χ2n) is 11.6. The summed E-state index contributed by atoms with van der Waals surface area (Å²) in [5, 5.41) is 15.6. The second kappa shape index (κ2) is 12.8. The van der Waals surface area contributed by atoms with Crippen molar-refractivity contribution in [3.63, 3.8) is 0 Å². The average molecular weight is 626 g/mol. The highest BCUT2D eigenvalue weighted by molar-refractivity contribution is 6.00. The number of halogens is 1. The molecule has 234 valence electrons. The number of carbonyl (C=O) groups excluding carboxylic acids is 1. The molecule has 0 saturated heterocycles. The van der Waals surface area contributed by atoms with Gasteiger partial charge in [-0.15, -0.1) is 0 Å². The maximum absolute atomic E-state index is 14.7. The number of fused-ring (bicyclic) bond motifs is 2. The number of amides is 1. The first-order chi connectivity index (χ1) is 22.9. The zero-order valence-electron chi connectivity index (χ0n) is 25.9. The fourth-order valence-electron chi connectivity index (χ4n) is 5.58. The van der Waals surface area contributed by atoms with E-state index in [2.05, 4.69) is 45.7 Å². The second-order valence-corrected chi connectivity index (χ2v) is 11.6. The van der Waals surface area contributed by atoms with Gasteiger partial charge in [0, 0.05) is 58.6 Å². The van der Waals surface area contributed by atoms with Crippen LogP contribution < -0.4 is 10.6 Å². The van der Waals surface area contributed by atoms with Crippen LogP contribution in [0.25, 0.3) is 55.7 Å². The van der Waals surface area contributed by atoms with Crippen molar-refractivity contribution in [1.82, 2.24) is 35.0 Å². The van der Waals surface area contributed by atoms with Crippen LogP contribution >= 0.6 is 0 Å². The van der Waals surface area contributed by atoms with Crippen molar-refractivity contribution < 1.29 is 9.18 Å². The number of aromatic amines is 2. The van der Waals surface area contributed by atoms with E-state index in [0.29, 0.717) is 40.6 Å². The van der Waals surface area contributed by atoms with Crippen molar-refractivity contribution in [1.29, 1.82) is 0 Å². The molecule has 0 bridgehead atoms. The number of rotatable bonds is 10. The first kappa shape index (κ1) is 29.8. The van der Waals surface area contributed by atoms with Crippen molar-refractivity contribution in [3.05, 3.63) is 109 Å². The van der Waals surface area contributed by atoms with Crippen molar-refractivity contribution in [2.45, 2.75) is 6.42 Å². The molecule has 7 rings (SSSR count). The number of hydrogen-bond acceptors (Lipinski definition) is 7. The lowest BCUT2D eigenvalue weighted by atomic mass is 10.1. The van der Waals surface area contributed by atoms with Crippen LogP contribution in [0.3, 0.4) is 0 Å². The number of H-pyrrole nitrogens is 2. The normalized spacial score (nSPS) is 11.4. The molecular formula is C36H32FN9O. The summed E-state index contributed by atoms with van der Waals surface area (Å²) in [5.41, 5.74) is 8.09. The van der Waals surface area contributed by atoms with Gasteiger partial charge < -0.3 is 20.5 Å². The third kappa shape index (κ3) is 6.56. The number of nitrogens with one attached hydrogen (secondary N) is 4. The molecule has 0 unspecified atom stereocenters. The summed E-state index contributed by atoms with van der Waals surface area (Å²) in [6.07, 6.45) is 7.04. The molecule has 10 nitrogen and oxygen atoms in total. The number of likely N-dealkylation sites (N-methyl/N-ethyl adjacent to an activating group) is 1. The summed E-state index contributed by atoms with van der Waals surface area (Å²) < 4.78 is 14.7. The molecule has 5 heterocycles. The Morgan fingerprint density at radius 3 is 2.53 bits per heavy atom. The summed E-state index contributed by atoms with van der Waals surface area (Å²) in [4.78, 5) is 31.8. The Balaban J connectivity index is 1.18. The SMILES string of the molecule is CN(C)CCNc1cc(F)cc(-c2nccc3[nH]c(-c4n[nH]c5cnc(-c6cncc(NC(=O)Cc7ccccc7)c6)cc45)cc23)c1. The Kier molecular flexibility index (Phi) is 8.11. The van der Waals surface area contributed by atoms with E-state index >= 15 is 0 Å². The minimum absolute atomic E-state index is 0.126. The molecule has 5 aromatic heterocycles. The maximum atomic E-state index is 14.7.